The van der Waals surface area contributed by atoms with Crippen molar-refractivity contribution in [2.24, 2.45) is 5.41 Å². The lowest BCUT2D eigenvalue weighted by Gasteiger charge is -2.26. The lowest BCUT2D eigenvalue weighted by Crippen LogP contribution is -2.43. The Morgan fingerprint density at radius 1 is 1.19 bits per heavy atom. The maximum absolute atomic E-state index is 12.0. The van der Waals surface area contributed by atoms with E-state index in [0.717, 1.165) is 0 Å². The Morgan fingerprint density at radius 2 is 1.81 bits per heavy atom. The molecule has 144 valence electrons. The Kier molecular flexibility index (Phi) is 8.15. The zero-order valence-electron chi connectivity index (χ0n) is 15.3. The number of carbonyl (C=O) groups excluding carboxylic acids is 1. The lowest BCUT2D eigenvalue weighted by atomic mass is 9.82. The van der Waals surface area contributed by atoms with Gasteiger partial charge in [-0.2, -0.15) is 0 Å². The Balaban J connectivity index is 1.80. The van der Waals surface area contributed by atoms with E-state index in [2.05, 4.69) is 5.32 Å². The van der Waals surface area contributed by atoms with Gasteiger partial charge in [-0.05, 0) is 48.5 Å². The van der Waals surface area contributed by atoms with E-state index in [9.17, 15) is 14.7 Å². The fourth-order valence-electron chi connectivity index (χ4n) is 2.75. The molecule has 1 amide bonds. The molecule has 1 fully saturated rings. The topological polar surface area (TPSA) is 75.6 Å². The first-order valence-corrected chi connectivity index (χ1v) is 11.1. The third-order valence-electron chi connectivity index (χ3n) is 4.78. The fourth-order valence-corrected chi connectivity index (χ4v) is 5.64. The van der Waals surface area contributed by atoms with Crippen molar-refractivity contribution in [2.75, 3.05) is 24.7 Å². The first-order valence-electron chi connectivity index (χ1n) is 8.97. The molecule has 0 bridgehead atoms. The number of carboxylic acid groups (broad SMARTS) is 1. The number of thioether (sulfide) groups is 2. The summed E-state index contributed by atoms with van der Waals surface area (Å²) in [6, 6.07) is 7.87. The second-order valence-corrected chi connectivity index (χ2v) is 9.08. The number of nitrogens with one attached hydrogen (secondary N) is 1. The van der Waals surface area contributed by atoms with Gasteiger partial charge in [-0.3, -0.25) is 9.59 Å². The van der Waals surface area contributed by atoms with E-state index >= 15 is 0 Å². The molecule has 1 heterocycles. The predicted molar refractivity (Wildman–Crippen MR) is 108 cm³/mol. The first kappa shape index (κ1) is 21.0. The number of rotatable bonds is 9. The van der Waals surface area contributed by atoms with Gasteiger partial charge in [-0.25, -0.2) is 0 Å². The molecule has 0 radical (unpaired) electrons. The molecular weight excluding hydrogens is 370 g/mol. The predicted octanol–water partition coefficient (Wildman–Crippen LogP) is 3.94. The summed E-state index contributed by atoms with van der Waals surface area (Å²) in [5.41, 5.74) is 0.362. The maximum Gasteiger partial charge on any atom is 0.311 e. The molecule has 1 saturated heterocycles. The molecule has 1 aromatic rings. The molecule has 0 spiro atoms. The van der Waals surface area contributed by atoms with Gasteiger partial charge >= 0.3 is 5.97 Å². The SMILES string of the molecule is CCC(CC)(CNC(=O)COc1ccc(C2SCCCS2)cc1)C(=O)O. The molecule has 1 aliphatic heterocycles. The number of ether oxygens (including phenoxy) is 1. The van der Waals surface area contributed by atoms with Gasteiger partial charge in [0.05, 0.1) is 10.00 Å². The minimum atomic E-state index is -0.910. The van der Waals surface area contributed by atoms with Crippen molar-refractivity contribution in [2.45, 2.75) is 37.7 Å². The number of hydrogen-bond donors (Lipinski definition) is 2. The summed E-state index contributed by atoms with van der Waals surface area (Å²) in [5.74, 6) is 1.86. The number of hydrogen-bond acceptors (Lipinski definition) is 5. The molecule has 5 nitrogen and oxygen atoms in total. The van der Waals surface area contributed by atoms with Crippen molar-refractivity contribution >= 4 is 35.4 Å². The van der Waals surface area contributed by atoms with Gasteiger partial charge in [0.2, 0.25) is 0 Å². The molecule has 0 aliphatic carbocycles. The van der Waals surface area contributed by atoms with E-state index in [4.69, 9.17) is 4.74 Å². The van der Waals surface area contributed by atoms with Crippen LogP contribution in [0.1, 0.15) is 43.3 Å². The van der Waals surface area contributed by atoms with Crippen molar-refractivity contribution in [1.82, 2.24) is 5.32 Å². The third-order valence-corrected chi connectivity index (χ3v) is 7.80. The van der Waals surface area contributed by atoms with E-state index < -0.39 is 11.4 Å². The third kappa shape index (κ3) is 5.58. The largest absolute Gasteiger partial charge is 0.484 e. The summed E-state index contributed by atoms with van der Waals surface area (Å²) in [4.78, 5) is 23.4. The van der Waals surface area contributed by atoms with Crippen LogP contribution >= 0.6 is 23.5 Å². The fraction of sp³-hybridized carbons (Fsp3) is 0.579. The molecule has 2 rings (SSSR count). The zero-order chi connectivity index (χ0) is 19.0. The minimum absolute atomic E-state index is 0.116. The summed E-state index contributed by atoms with van der Waals surface area (Å²) in [5, 5.41) is 12.1. The normalized spacial score (nSPS) is 15.5. The standard InChI is InChI=1S/C19H27NO4S2/c1-3-19(4-2,18(22)23)13-20-16(21)12-24-15-8-6-14(7-9-15)17-25-10-5-11-26-17/h6-9,17H,3-5,10-13H2,1-2H3,(H,20,21)(H,22,23). The lowest BCUT2D eigenvalue weighted by molar-refractivity contribution is -0.149. The van der Waals surface area contributed by atoms with Crippen LogP contribution in [-0.4, -0.2) is 41.6 Å². The van der Waals surface area contributed by atoms with Gasteiger partial charge in [0.15, 0.2) is 6.61 Å². The van der Waals surface area contributed by atoms with Gasteiger partial charge in [0.1, 0.15) is 5.75 Å². The summed E-state index contributed by atoms with van der Waals surface area (Å²) in [6.45, 7) is 3.65. The Morgan fingerprint density at radius 3 is 2.35 bits per heavy atom. The highest BCUT2D eigenvalue weighted by molar-refractivity contribution is 8.16. The van der Waals surface area contributed by atoms with Gasteiger partial charge in [0, 0.05) is 6.54 Å². The van der Waals surface area contributed by atoms with Crippen LogP contribution in [0.25, 0.3) is 0 Å². The highest BCUT2D eigenvalue weighted by atomic mass is 32.2. The molecule has 2 N–H and O–H groups in total. The highest BCUT2D eigenvalue weighted by Gasteiger charge is 2.35. The number of aliphatic carboxylic acids is 1. The van der Waals surface area contributed by atoms with Crippen LogP contribution in [0.5, 0.6) is 5.75 Å². The van der Waals surface area contributed by atoms with E-state index in [1.165, 1.54) is 23.5 Å². The van der Waals surface area contributed by atoms with Crippen LogP contribution in [0, 0.1) is 5.41 Å². The zero-order valence-corrected chi connectivity index (χ0v) is 17.0. The van der Waals surface area contributed by atoms with Crippen LogP contribution in [-0.2, 0) is 9.59 Å². The average molecular weight is 398 g/mol. The maximum atomic E-state index is 12.0. The monoisotopic (exact) mass is 397 g/mol. The van der Waals surface area contributed by atoms with E-state index in [1.807, 2.05) is 61.6 Å². The minimum Gasteiger partial charge on any atom is -0.484 e. The smallest absolute Gasteiger partial charge is 0.311 e. The quantitative estimate of drug-likeness (QED) is 0.657. The van der Waals surface area contributed by atoms with Crippen LogP contribution in [0.3, 0.4) is 0 Å². The summed E-state index contributed by atoms with van der Waals surface area (Å²) in [7, 11) is 0. The molecule has 7 heteroatoms. The van der Waals surface area contributed by atoms with Crippen molar-refractivity contribution in [1.29, 1.82) is 0 Å². The second kappa shape index (κ2) is 10.1. The van der Waals surface area contributed by atoms with Crippen molar-refractivity contribution in [3.05, 3.63) is 29.8 Å². The molecule has 0 aromatic heterocycles. The number of carbonyl (C=O) groups is 2. The second-order valence-electron chi connectivity index (χ2n) is 6.35. The number of carboxylic acids is 1. The molecule has 0 saturated carbocycles. The Bertz CT molecular complexity index is 596. The van der Waals surface area contributed by atoms with E-state index in [0.29, 0.717) is 23.2 Å². The first-order chi connectivity index (χ1) is 12.5. The van der Waals surface area contributed by atoms with Gasteiger partial charge in [-0.1, -0.05) is 26.0 Å². The summed E-state index contributed by atoms with van der Waals surface area (Å²) >= 11 is 3.93. The van der Waals surface area contributed by atoms with Crippen molar-refractivity contribution in [3.8, 4) is 5.75 Å². The molecular formula is C19H27NO4S2. The summed E-state index contributed by atoms with van der Waals surface area (Å²) < 4.78 is 6.01. The number of amides is 1. The van der Waals surface area contributed by atoms with Gasteiger partial charge in [0.25, 0.3) is 5.91 Å². The van der Waals surface area contributed by atoms with Gasteiger partial charge < -0.3 is 15.2 Å². The number of benzene rings is 1. The Labute approximate surface area is 163 Å². The van der Waals surface area contributed by atoms with E-state index in [1.54, 1.807) is 0 Å². The molecule has 1 aromatic carbocycles. The molecule has 1 aliphatic rings. The summed E-state index contributed by atoms with van der Waals surface area (Å²) in [6.07, 6.45) is 2.21. The Hall–Kier alpha value is -1.34. The molecule has 26 heavy (non-hydrogen) atoms. The highest BCUT2D eigenvalue weighted by Crippen LogP contribution is 2.43. The van der Waals surface area contributed by atoms with Crippen LogP contribution in [0.15, 0.2) is 24.3 Å². The van der Waals surface area contributed by atoms with Crippen LogP contribution < -0.4 is 10.1 Å². The van der Waals surface area contributed by atoms with E-state index in [-0.39, 0.29) is 19.1 Å². The van der Waals surface area contributed by atoms with Crippen LogP contribution in [0.2, 0.25) is 0 Å². The average Bonchev–Trinajstić information content (AvgIpc) is 2.68. The van der Waals surface area contributed by atoms with Gasteiger partial charge in [-0.15, -0.1) is 23.5 Å². The van der Waals surface area contributed by atoms with Crippen molar-refractivity contribution < 1.29 is 19.4 Å². The van der Waals surface area contributed by atoms with Crippen LogP contribution in [0.4, 0.5) is 0 Å². The van der Waals surface area contributed by atoms with Crippen molar-refractivity contribution in [3.63, 3.8) is 0 Å². The molecule has 0 unspecified atom stereocenters. The molecule has 0 atom stereocenters.